The molecule has 22 heavy (non-hydrogen) atoms. The molecule has 2 amide bonds. The molecular weight excluding hydrogens is 284 g/mol. The van der Waals surface area contributed by atoms with Crippen LogP contribution >= 0.6 is 0 Å². The summed E-state index contributed by atoms with van der Waals surface area (Å²) in [6.07, 6.45) is 1.04. The van der Waals surface area contributed by atoms with E-state index in [2.05, 4.69) is 5.32 Å². The number of amides is 2. The first-order valence-electron chi connectivity index (χ1n) is 7.71. The van der Waals surface area contributed by atoms with Crippen LogP contribution in [-0.2, 0) is 19.1 Å². The van der Waals surface area contributed by atoms with E-state index in [0.717, 1.165) is 0 Å². The van der Waals surface area contributed by atoms with Crippen LogP contribution < -0.4 is 5.32 Å². The summed E-state index contributed by atoms with van der Waals surface area (Å²) >= 11 is 0. The second kappa shape index (κ2) is 9.43. The lowest BCUT2D eigenvalue weighted by Crippen LogP contribution is -2.52. The highest BCUT2D eigenvalue weighted by Crippen LogP contribution is 2.13. The number of hydrogen-bond donors (Lipinski definition) is 1. The van der Waals surface area contributed by atoms with Crippen molar-refractivity contribution >= 4 is 17.8 Å². The van der Waals surface area contributed by atoms with E-state index in [9.17, 15) is 14.4 Å². The summed E-state index contributed by atoms with van der Waals surface area (Å²) in [7, 11) is 2.90. The fourth-order valence-electron chi connectivity index (χ4n) is 2.20. The van der Waals surface area contributed by atoms with Crippen molar-refractivity contribution in [1.82, 2.24) is 10.2 Å². The number of carbonyl (C=O) groups excluding carboxylic acids is 3. The number of ether oxygens (including phenoxy) is 1. The molecule has 0 rings (SSSR count). The predicted octanol–water partition coefficient (Wildman–Crippen LogP) is 1.58. The van der Waals surface area contributed by atoms with Crippen molar-refractivity contribution in [2.24, 2.45) is 11.8 Å². The normalized spacial score (nSPS) is 13.7. The van der Waals surface area contributed by atoms with Crippen LogP contribution in [0.4, 0.5) is 0 Å². The van der Waals surface area contributed by atoms with Crippen molar-refractivity contribution in [2.45, 2.75) is 59.5 Å². The number of nitrogens with one attached hydrogen (secondary N) is 1. The molecular formula is C16H30N2O4. The van der Waals surface area contributed by atoms with Crippen LogP contribution in [0, 0.1) is 11.8 Å². The van der Waals surface area contributed by atoms with E-state index in [-0.39, 0.29) is 23.7 Å². The summed E-state index contributed by atoms with van der Waals surface area (Å²) in [6, 6.07) is -1.27. The Morgan fingerprint density at radius 1 is 1.05 bits per heavy atom. The minimum atomic E-state index is -0.687. The molecule has 0 aromatic heterocycles. The van der Waals surface area contributed by atoms with Gasteiger partial charge in [-0.15, -0.1) is 0 Å². The standard InChI is InChI=1S/C16H30N2O4/c1-10(2)8-13(16(21)22-7)17-15(20)14(9-11(3)4)18(6)12(5)19/h10-11,13-14H,8-9H2,1-7H3,(H,17,20)/t13-,14-/m0/s1. The van der Waals surface area contributed by atoms with Crippen molar-refractivity contribution in [3.05, 3.63) is 0 Å². The Kier molecular flexibility index (Phi) is 8.75. The highest BCUT2D eigenvalue weighted by Gasteiger charge is 2.30. The van der Waals surface area contributed by atoms with E-state index < -0.39 is 18.1 Å². The van der Waals surface area contributed by atoms with Crippen molar-refractivity contribution in [2.75, 3.05) is 14.2 Å². The van der Waals surface area contributed by atoms with E-state index in [4.69, 9.17) is 4.74 Å². The molecule has 1 N–H and O–H groups in total. The number of esters is 1. The van der Waals surface area contributed by atoms with Crippen LogP contribution in [0.1, 0.15) is 47.5 Å². The Bertz CT molecular complexity index is 394. The molecule has 0 unspecified atom stereocenters. The number of nitrogens with zero attached hydrogens (tertiary/aromatic N) is 1. The minimum absolute atomic E-state index is 0.181. The molecule has 0 heterocycles. The summed E-state index contributed by atoms with van der Waals surface area (Å²) in [5.74, 6) is -0.477. The predicted molar refractivity (Wildman–Crippen MR) is 85.1 cm³/mol. The van der Waals surface area contributed by atoms with Crippen LogP contribution in [0.2, 0.25) is 0 Å². The SMILES string of the molecule is COC(=O)[C@H](CC(C)C)NC(=O)[C@H](CC(C)C)N(C)C(C)=O. The fraction of sp³-hybridized carbons (Fsp3) is 0.812. The Morgan fingerprint density at radius 3 is 1.91 bits per heavy atom. The lowest BCUT2D eigenvalue weighted by Gasteiger charge is -2.29. The summed E-state index contributed by atoms with van der Waals surface area (Å²) in [5, 5.41) is 2.73. The number of rotatable bonds is 8. The van der Waals surface area contributed by atoms with Crippen LogP contribution in [0.25, 0.3) is 0 Å². The number of hydrogen-bond acceptors (Lipinski definition) is 4. The van der Waals surface area contributed by atoms with Gasteiger partial charge < -0.3 is 15.0 Å². The van der Waals surface area contributed by atoms with E-state index in [1.54, 1.807) is 7.05 Å². The average molecular weight is 314 g/mol. The maximum atomic E-state index is 12.5. The number of methoxy groups -OCH3 is 1. The third-order valence-electron chi connectivity index (χ3n) is 3.47. The molecule has 0 saturated carbocycles. The first-order valence-corrected chi connectivity index (χ1v) is 7.71. The first kappa shape index (κ1) is 20.4. The van der Waals surface area contributed by atoms with Gasteiger partial charge in [0.1, 0.15) is 12.1 Å². The van der Waals surface area contributed by atoms with Crippen molar-refractivity contribution in [3.8, 4) is 0 Å². The highest BCUT2D eigenvalue weighted by molar-refractivity contribution is 5.90. The van der Waals surface area contributed by atoms with Gasteiger partial charge >= 0.3 is 5.97 Å². The van der Waals surface area contributed by atoms with Gasteiger partial charge in [0.2, 0.25) is 11.8 Å². The molecule has 0 aliphatic rings. The van der Waals surface area contributed by atoms with E-state index in [0.29, 0.717) is 12.8 Å². The van der Waals surface area contributed by atoms with Crippen LogP contribution in [0.3, 0.4) is 0 Å². The van der Waals surface area contributed by atoms with Gasteiger partial charge in [0.25, 0.3) is 0 Å². The lowest BCUT2D eigenvalue weighted by molar-refractivity contribution is -0.147. The molecule has 6 heteroatoms. The molecule has 0 bridgehead atoms. The fourth-order valence-corrected chi connectivity index (χ4v) is 2.20. The lowest BCUT2D eigenvalue weighted by atomic mass is 10.00. The Hall–Kier alpha value is -1.59. The topological polar surface area (TPSA) is 75.7 Å². The van der Waals surface area contributed by atoms with Crippen molar-refractivity contribution < 1.29 is 19.1 Å². The third-order valence-corrected chi connectivity index (χ3v) is 3.47. The Labute approximate surface area is 133 Å². The molecule has 0 saturated heterocycles. The summed E-state index contributed by atoms with van der Waals surface area (Å²) in [5.41, 5.74) is 0. The Balaban J connectivity index is 5.10. The van der Waals surface area contributed by atoms with Crippen LogP contribution in [0.5, 0.6) is 0 Å². The molecule has 2 atom stereocenters. The van der Waals surface area contributed by atoms with E-state index >= 15 is 0 Å². The molecule has 0 aliphatic heterocycles. The average Bonchev–Trinajstić information content (AvgIpc) is 2.41. The van der Waals surface area contributed by atoms with Crippen molar-refractivity contribution in [1.29, 1.82) is 0 Å². The molecule has 0 spiro atoms. The van der Waals surface area contributed by atoms with E-state index in [1.807, 2.05) is 27.7 Å². The number of likely N-dealkylation sites (N-methyl/N-ethyl adjacent to an activating group) is 1. The molecule has 128 valence electrons. The molecule has 0 radical (unpaired) electrons. The first-order chi connectivity index (χ1) is 10.1. The summed E-state index contributed by atoms with van der Waals surface area (Å²) in [6.45, 7) is 9.33. The van der Waals surface area contributed by atoms with Gasteiger partial charge in [-0.1, -0.05) is 27.7 Å². The zero-order valence-electron chi connectivity index (χ0n) is 14.8. The second-order valence-electron chi connectivity index (χ2n) is 6.49. The van der Waals surface area contributed by atoms with Gasteiger partial charge in [0.15, 0.2) is 0 Å². The molecule has 0 fully saturated rings. The van der Waals surface area contributed by atoms with Gasteiger partial charge in [0, 0.05) is 14.0 Å². The van der Waals surface area contributed by atoms with Crippen molar-refractivity contribution in [3.63, 3.8) is 0 Å². The largest absolute Gasteiger partial charge is 0.467 e. The van der Waals surface area contributed by atoms with Crippen LogP contribution in [-0.4, -0.2) is 48.9 Å². The van der Waals surface area contributed by atoms with Gasteiger partial charge in [-0.3, -0.25) is 9.59 Å². The van der Waals surface area contributed by atoms with Gasteiger partial charge in [0.05, 0.1) is 7.11 Å². The van der Waals surface area contributed by atoms with Gasteiger partial charge in [-0.05, 0) is 24.7 Å². The maximum absolute atomic E-state index is 12.5. The van der Waals surface area contributed by atoms with Crippen LogP contribution in [0.15, 0.2) is 0 Å². The summed E-state index contributed by atoms with van der Waals surface area (Å²) in [4.78, 5) is 37.3. The monoisotopic (exact) mass is 314 g/mol. The molecule has 6 nitrogen and oxygen atoms in total. The maximum Gasteiger partial charge on any atom is 0.328 e. The minimum Gasteiger partial charge on any atom is -0.467 e. The van der Waals surface area contributed by atoms with Gasteiger partial charge in [-0.25, -0.2) is 4.79 Å². The zero-order chi connectivity index (χ0) is 17.4. The summed E-state index contributed by atoms with van der Waals surface area (Å²) < 4.78 is 4.75. The molecule has 0 aromatic carbocycles. The number of carbonyl (C=O) groups is 3. The van der Waals surface area contributed by atoms with E-state index in [1.165, 1.54) is 18.9 Å². The molecule has 0 aromatic rings. The molecule has 0 aliphatic carbocycles. The van der Waals surface area contributed by atoms with Gasteiger partial charge in [-0.2, -0.15) is 0 Å². The third kappa shape index (κ3) is 6.91. The smallest absolute Gasteiger partial charge is 0.328 e. The highest BCUT2D eigenvalue weighted by atomic mass is 16.5. The second-order valence-corrected chi connectivity index (χ2v) is 6.49. The quantitative estimate of drug-likeness (QED) is 0.690. The zero-order valence-corrected chi connectivity index (χ0v) is 14.8. The Morgan fingerprint density at radius 2 is 1.55 bits per heavy atom.